The Morgan fingerprint density at radius 3 is 2.44 bits per heavy atom. The zero-order chi connectivity index (χ0) is 6.69. The number of carbonyl (C=O) groups excluding carboxylic acids is 1. The Labute approximate surface area is 63.7 Å². The molecule has 0 radical (unpaired) electrons. The minimum atomic E-state index is -0.322. The molecular weight excluding hydrogens is 158 g/mol. The predicted octanol–water partition coefficient (Wildman–Crippen LogP) is 2.09. The van der Waals surface area contributed by atoms with E-state index in [1.807, 2.05) is 4.31 Å². The third-order valence-electron chi connectivity index (χ3n) is 1.27. The molecule has 2 nitrogen and oxygen atoms in total. The first-order chi connectivity index (χ1) is 4.29. The van der Waals surface area contributed by atoms with Gasteiger partial charge in [-0.3, -0.25) is 4.79 Å². The van der Waals surface area contributed by atoms with E-state index in [-0.39, 0.29) is 4.57 Å². The van der Waals surface area contributed by atoms with E-state index >= 15 is 0 Å². The third-order valence-corrected chi connectivity index (χ3v) is 2.24. The van der Waals surface area contributed by atoms with E-state index in [9.17, 15) is 4.79 Å². The van der Waals surface area contributed by atoms with Crippen LogP contribution in [0.4, 0.5) is 4.79 Å². The second-order valence-electron chi connectivity index (χ2n) is 1.97. The van der Waals surface area contributed by atoms with E-state index in [0.29, 0.717) is 0 Å². The van der Waals surface area contributed by atoms with Gasteiger partial charge in [-0.25, -0.2) is 4.31 Å². The highest BCUT2D eigenvalue weighted by Crippen LogP contribution is 2.20. The van der Waals surface area contributed by atoms with Crippen molar-refractivity contribution in [3.63, 3.8) is 0 Å². The van der Waals surface area contributed by atoms with Gasteiger partial charge in [0.25, 0.3) is 4.57 Å². The summed E-state index contributed by atoms with van der Waals surface area (Å²) in [5.74, 6) is 0. The van der Waals surface area contributed by atoms with Crippen LogP contribution in [0, 0.1) is 0 Å². The van der Waals surface area contributed by atoms with Gasteiger partial charge >= 0.3 is 0 Å². The highest BCUT2D eigenvalue weighted by atomic mass is 35.5. The Morgan fingerprint density at radius 1 is 1.44 bits per heavy atom. The molecule has 9 heavy (non-hydrogen) atoms. The molecule has 1 heterocycles. The van der Waals surface area contributed by atoms with Crippen molar-refractivity contribution in [3.8, 4) is 0 Å². The van der Waals surface area contributed by atoms with Crippen LogP contribution >= 0.6 is 23.5 Å². The lowest BCUT2D eigenvalue weighted by Gasteiger charge is -2.07. The standard InChI is InChI=1S/C5H8ClNOS/c6-5(8)9-7-3-1-2-4-7/h1-4H2. The predicted molar refractivity (Wildman–Crippen MR) is 39.6 cm³/mol. The van der Waals surface area contributed by atoms with Gasteiger partial charge in [0.2, 0.25) is 0 Å². The van der Waals surface area contributed by atoms with Gasteiger partial charge in [0.15, 0.2) is 0 Å². The van der Waals surface area contributed by atoms with Gasteiger partial charge in [-0.05, 0) is 24.4 Å². The average Bonchev–Trinajstić information content (AvgIpc) is 2.15. The molecule has 0 aliphatic carbocycles. The maximum atomic E-state index is 10.3. The third kappa shape index (κ3) is 2.56. The molecule has 52 valence electrons. The van der Waals surface area contributed by atoms with Gasteiger partial charge < -0.3 is 0 Å². The molecule has 0 bridgehead atoms. The second-order valence-corrected chi connectivity index (χ2v) is 3.60. The molecular formula is C5H8ClNOS. The molecule has 1 aliphatic heterocycles. The van der Waals surface area contributed by atoms with E-state index in [1.165, 1.54) is 12.8 Å². The van der Waals surface area contributed by atoms with Gasteiger partial charge in [-0.1, -0.05) is 0 Å². The summed E-state index contributed by atoms with van der Waals surface area (Å²) in [4.78, 5) is 10.3. The highest BCUT2D eigenvalue weighted by Gasteiger charge is 2.14. The minimum Gasteiger partial charge on any atom is -0.267 e. The van der Waals surface area contributed by atoms with Crippen LogP contribution in [-0.2, 0) is 0 Å². The Morgan fingerprint density at radius 2 is 2.00 bits per heavy atom. The first kappa shape index (κ1) is 7.38. The number of halogens is 1. The fourth-order valence-corrected chi connectivity index (χ4v) is 1.82. The van der Waals surface area contributed by atoms with E-state index < -0.39 is 0 Å². The fourth-order valence-electron chi connectivity index (χ4n) is 0.881. The quantitative estimate of drug-likeness (QED) is 0.439. The zero-order valence-electron chi connectivity index (χ0n) is 4.97. The molecule has 0 aromatic heterocycles. The Hall–Kier alpha value is 0.270. The van der Waals surface area contributed by atoms with E-state index in [4.69, 9.17) is 11.6 Å². The van der Waals surface area contributed by atoms with Crippen LogP contribution in [0.1, 0.15) is 12.8 Å². The molecule has 0 amide bonds. The van der Waals surface area contributed by atoms with Crippen LogP contribution in [0.15, 0.2) is 0 Å². The maximum Gasteiger partial charge on any atom is 0.294 e. The summed E-state index contributed by atoms with van der Waals surface area (Å²) in [7, 11) is 0. The molecule has 1 aliphatic rings. The molecule has 1 rings (SSSR count). The van der Waals surface area contributed by atoms with Gasteiger partial charge in [-0.15, -0.1) is 0 Å². The lowest BCUT2D eigenvalue weighted by atomic mass is 10.4. The Bertz CT molecular complexity index is 114. The van der Waals surface area contributed by atoms with Crippen molar-refractivity contribution in [2.45, 2.75) is 12.8 Å². The van der Waals surface area contributed by atoms with Crippen molar-refractivity contribution >= 4 is 28.1 Å². The zero-order valence-corrected chi connectivity index (χ0v) is 6.54. The first-order valence-electron chi connectivity index (χ1n) is 2.91. The summed E-state index contributed by atoms with van der Waals surface area (Å²) in [5, 5.41) is 0. The minimum absolute atomic E-state index is 0.322. The largest absolute Gasteiger partial charge is 0.294 e. The molecule has 1 fully saturated rings. The number of nitrogens with zero attached hydrogens (tertiary/aromatic N) is 1. The molecule has 0 aromatic rings. The monoisotopic (exact) mass is 165 g/mol. The highest BCUT2D eigenvalue weighted by molar-refractivity contribution is 8.14. The summed E-state index contributed by atoms with van der Waals surface area (Å²) < 4.78 is 1.67. The van der Waals surface area contributed by atoms with Gasteiger partial charge in [0.1, 0.15) is 0 Å². The van der Waals surface area contributed by atoms with E-state index in [1.54, 1.807) is 0 Å². The van der Waals surface area contributed by atoms with Crippen LogP contribution in [0.25, 0.3) is 0 Å². The summed E-state index contributed by atoms with van der Waals surface area (Å²) in [6.45, 7) is 2.01. The molecule has 4 heteroatoms. The van der Waals surface area contributed by atoms with Gasteiger partial charge in [0.05, 0.1) is 0 Å². The van der Waals surface area contributed by atoms with E-state index in [2.05, 4.69) is 0 Å². The SMILES string of the molecule is O=C(Cl)SN1CCCC1. The average molecular weight is 166 g/mol. The van der Waals surface area contributed by atoms with E-state index in [0.717, 1.165) is 25.0 Å². The van der Waals surface area contributed by atoms with Crippen molar-refractivity contribution in [2.24, 2.45) is 0 Å². The van der Waals surface area contributed by atoms with Crippen LogP contribution < -0.4 is 0 Å². The summed E-state index contributed by atoms with van der Waals surface area (Å²) in [6.07, 6.45) is 2.38. The molecule has 0 atom stereocenters. The van der Waals surface area contributed by atoms with Crippen LogP contribution in [0.2, 0.25) is 0 Å². The number of hydrogen-bond donors (Lipinski definition) is 0. The van der Waals surface area contributed by atoms with Crippen molar-refractivity contribution in [1.29, 1.82) is 0 Å². The second kappa shape index (κ2) is 3.44. The van der Waals surface area contributed by atoms with Crippen LogP contribution in [0.3, 0.4) is 0 Å². The summed E-state index contributed by atoms with van der Waals surface area (Å²) in [6, 6.07) is 0. The Kier molecular flexibility index (Phi) is 2.82. The molecule has 0 N–H and O–H groups in total. The Balaban J connectivity index is 2.19. The fraction of sp³-hybridized carbons (Fsp3) is 0.800. The van der Waals surface area contributed by atoms with Crippen molar-refractivity contribution in [3.05, 3.63) is 0 Å². The molecule has 0 aromatic carbocycles. The lowest BCUT2D eigenvalue weighted by molar-refractivity contribution is 0.275. The molecule has 0 unspecified atom stereocenters. The smallest absolute Gasteiger partial charge is 0.267 e. The van der Waals surface area contributed by atoms with Crippen molar-refractivity contribution in [1.82, 2.24) is 4.31 Å². The molecule has 0 saturated carbocycles. The van der Waals surface area contributed by atoms with Crippen LogP contribution in [0.5, 0.6) is 0 Å². The number of rotatable bonds is 1. The molecule has 1 saturated heterocycles. The van der Waals surface area contributed by atoms with Gasteiger partial charge in [0, 0.05) is 25.0 Å². The van der Waals surface area contributed by atoms with Gasteiger partial charge in [-0.2, -0.15) is 0 Å². The molecule has 0 spiro atoms. The normalized spacial score (nSPS) is 20.6. The summed E-state index contributed by atoms with van der Waals surface area (Å²) >= 11 is 6.26. The topological polar surface area (TPSA) is 20.3 Å². The van der Waals surface area contributed by atoms with Crippen molar-refractivity contribution < 1.29 is 4.79 Å². The number of hydrogen-bond acceptors (Lipinski definition) is 3. The van der Waals surface area contributed by atoms with Crippen LogP contribution in [-0.4, -0.2) is 22.0 Å². The first-order valence-corrected chi connectivity index (χ1v) is 4.06. The lowest BCUT2D eigenvalue weighted by Crippen LogP contribution is -2.09. The van der Waals surface area contributed by atoms with Crippen molar-refractivity contribution in [2.75, 3.05) is 13.1 Å². The summed E-state index contributed by atoms with van der Waals surface area (Å²) in [5.41, 5.74) is 0. The maximum absolute atomic E-state index is 10.3. The number of carbonyl (C=O) groups is 1.